The minimum atomic E-state index is -0.0479. The van der Waals surface area contributed by atoms with Gasteiger partial charge in [-0.2, -0.15) is 0 Å². The number of nitrogens with one attached hydrogen (secondary N) is 1. The van der Waals surface area contributed by atoms with E-state index >= 15 is 0 Å². The standard InChI is InChI=1S/C17H17N3O/c1-13-6-2-3-7-14(13)11-18-12-15-10-17(21)20-9-5-4-8-16(20)19-15/h2-10,18H,11-12H2,1H3. The van der Waals surface area contributed by atoms with E-state index < -0.39 is 0 Å². The lowest BCUT2D eigenvalue weighted by Crippen LogP contribution is -2.19. The Balaban J connectivity index is 1.74. The van der Waals surface area contributed by atoms with Crippen molar-refractivity contribution in [3.8, 4) is 0 Å². The highest BCUT2D eigenvalue weighted by Gasteiger charge is 2.02. The van der Waals surface area contributed by atoms with Crippen LogP contribution in [0.4, 0.5) is 0 Å². The third kappa shape index (κ3) is 3.01. The first-order chi connectivity index (χ1) is 10.2. The van der Waals surface area contributed by atoms with Gasteiger partial charge in [-0.05, 0) is 30.2 Å². The Hall–Kier alpha value is -2.46. The average Bonchev–Trinajstić information content (AvgIpc) is 2.49. The quantitative estimate of drug-likeness (QED) is 0.797. The lowest BCUT2D eigenvalue weighted by molar-refractivity contribution is 0.675. The van der Waals surface area contributed by atoms with Gasteiger partial charge in [0.25, 0.3) is 5.56 Å². The fourth-order valence-electron chi connectivity index (χ4n) is 2.33. The molecular formula is C17H17N3O. The van der Waals surface area contributed by atoms with Crippen molar-refractivity contribution >= 4 is 5.65 Å². The smallest absolute Gasteiger partial charge is 0.258 e. The van der Waals surface area contributed by atoms with Crippen LogP contribution in [0.25, 0.3) is 5.65 Å². The van der Waals surface area contributed by atoms with Crippen molar-refractivity contribution in [2.24, 2.45) is 0 Å². The molecule has 0 saturated heterocycles. The van der Waals surface area contributed by atoms with Crippen molar-refractivity contribution in [3.63, 3.8) is 0 Å². The van der Waals surface area contributed by atoms with Gasteiger partial charge in [-0.1, -0.05) is 30.3 Å². The molecule has 3 rings (SSSR count). The summed E-state index contributed by atoms with van der Waals surface area (Å²) in [6, 6.07) is 15.4. The second-order valence-electron chi connectivity index (χ2n) is 5.04. The molecule has 0 spiro atoms. The van der Waals surface area contributed by atoms with Crippen LogP contribution in [0.3, 0.4) is 0 Å². The third-order valence-electron chi connectivity index (χ3n) is 3.51. The van der Waals surface area contributed by atoms with Crippen molar-refractivity contribution in [1.82, 2.24) is 14.7 Å². The molecule has 0 bridgehead atoms. The normalized spacial score (nSPS) is 10.9. The van der Waals surface area contributed by atoms with Crippen LogP contribution in [0.5, 0.6) is 0 Å². The zero-order chi connectivity index (χ0) is 14.7. The van der Waals surface area contributed by atoms with Crippen LogP contribution >= 0.6 is 0 Å². The number of pyridine rings is 1. The van der Waals surface area contributed by atoms with Gasteiger partial charge in [0.2, 0.25) is 0 Å². The largest absolute Gasteiger partial charge is 0.307 e. The molecule has 0 fully saturated rings. The summed E-state index contributed by atoms with van der Waals surface area (Å²) >= 11 is 0. The fourth-order valence-corrected chi connectivity index (χ4v) is 2.33. The van der Waals surface area contributed by atoms with Crippen LogP contribution in [0, 0.1) is 6.92 Å². The van der Waals surface area contributed by atoms with E-state index in [-0.39, 0.29) is 5.56 Å². The molecule has 2 aromatic heterocycles. The van der Waals surface area contributed by atoms with E-state index in [4.69, 9.17) is 0 Å². The Labute approximate surface area is 123 Å². The van der Waals surface area contributed by atoms with Gasteiger partial charge in [-0.15, -0.1) is 0 Å². The lowest BCUT2D eigenvalue weighted by Gasteiger charge is -2.08. The van der Waals surface area contributed by atoms with Gasteiger partial charge >= 0.3 is 0 Å². The van der Waals surface area contributed by atoms with Gasteiger partial charge in [-0.3, -0.25) is 9.20 Å². The van der Waals surface area contributed by atoms with Crippen molar-refractivity contribution < 1.29 is 0 Å². The van der Waals surface area contributed by atoms with Crippen LogP contribution in [-0.4, -0.2) is 9.38 Å². The number of aryl methyl sites for hydroxylation is 1. The second kappa shape index (κ2) is 5.89. The Morgan fingerprint density at radius 1 is 1.10 bits per heavy atom. The fraction of sp³-hybridized carbons (Fsp3) is 0.176. The van der Waals surface area contributed by atoms with Crippen molar-refractivity contribution in [2.75, 3.05) is 0 Å². The lowest BCUT2D eigenvalue weighted by atomic mass is 10.1. The monoisotopic (exact) mass is 279 g/mol. The second-order valence-corrected chi connectivity index (χ2v) is 5.04. The number of nitrogens with zero attached hydrogens (tertiary/aromatic N) is 2. The van der Waals surface area contributed by atoms with E-state index in [1.54, 1.807) is 16.7 Å². The van der Waals surface area contributed by atoms with Gasteiger partial charge in [0, 0.05) is 25.4 Å². The first kappa shape index (κ1) is 13.5. The van der Waals surface area contributed by atoms with E-state index in [0.29, 0.717) is 12.2 Å². The molecule has 0 saturated carbocycles. The van der Waals surface area contributed by atoms with Gasteiger partial charge < -0.3 is 5.32 Å². The Morgan fingerprint density at radius 2 is 1.90 bits per heavy atom. The summed E-state index contributed by atoms with van der Waals surface area (Å²) in [5, 5.41) is 3.34. The van der Waals surface area contributed by atoms with Gasteiger partial charge in [0.15, 0.2) is 0 Å². The van der Waals surface area contributed by atoms with Crippen LogP contribution in [0.1, 0.15) is 16.8 Å². The highest BCUT2D eigenvalue weighted by atomic mass is 16.1. The van der Waals surface area contributed by atoms with Crippen LogP contribution < -0.4 is 10.9 Å². The molecule has 0 unspecified atom stereocenters. The van der Waals surface area contributed by atoms with Crippen LogP contribution in [0.2, 0.25) is 0 Å². The summed E-state index contributed by atoms with van der Waals surface area (Å²) in [5.41, 5.74) is 3.91. The molecule has 0 atom stereocenters. The molecule has 2 heterocycles. The van der Waals surface area contributed by atoms with E-state index in [2.05, 4.69) is 29.4 Å². The molecule has 0 aliphatic heterocycles. The molecule has 21 heavy (non-hydrogen) atoms. The summed E-state index contributed by atoms with van der Waals surface area (Å²) in [5.74, 6) is 0. The molecule has 0 radical (unpaired) electrons. The van der Waals surface area contributed by atoms with Crippen molar-refractivity contribution in [1.29, 1.82) is 0 Å². The van der Waals surface area contributed by atoms with Crippen LogP contribution in [-0.2, 0) is 13.1 Å². The average molecular weight is 279 g/mol. The number of hydrogen-bond donors (Lipinski definition) is 1. The minimum Gasteiger partial charge on any atom is -0.307 e. The molecular weight excluding hydrogens is 262 g/mol. The zero-order valence-corrected chi connectivity index (χ0v) is 11.9. The highest BCUT2D eigenvalue weighted by Crippen LogP contribution is 2.06. The number of aromatic nitrogens is 2. The predicted octanol–water partition coefficient (Wildman–Crippen LogP) is 2.29. The minimum absolute atomic E-state index is 0.0479. The topological polar surface area (TPSA) is 46.4 Å². The van der Waals surface area contributed by atoms with Crippen molar-refractivity contribution in [2.45, 2.75) is 20.0 Å². The molecule has 3 aromatic rings. The summed E-state index contributed by atoms with van der Waals surface area (Å²) in [6.45, 7) is 3.44. The number of hydrogen-bond acceptors (Lipinski definition) is 3. The summed E-state index contributed by atoms with van der Waals surface area (Å²) in [6.07, 6.45) is 1.73. The number of fused-ring (bicyclic) bond motifs is 1. The molecule has 1 aromatic carbocycles. The molecule has 106 valence electrons. The number of rotatable bonds is 4. The van der Waals surface area contributed by atoms with E-state index in [9.17, 15) is 4.79 Å². The molecule has 0 aliphatic rings. The van der Waals surface area contributed by atoms with E-state index in [1.807, 2.05) is 30.3 Å². The predicted molar refractivity (Wildman–Crippen MR) is 83.2 cm³/mol. The summed E-state index contributed by atoms with van der Waals surface area (Å²) < 4.78 is 1.55. The molecule has 0 amide bonds. The highest BCUT2D eigenvalue weighted by molar-refractivity contribution is 5.38. The Bertz CT molecular complexity index is 823. The van der Waals surface area contributed by atoms with E-state index in [1.165, 1.54) is 11.1 Å². The Kier molecular flexibility index (Phi) is 3.79. The Morgan fingerprint density at radius 3 is 2.76 bits per heavy atom. The maximum absolute atomic E-state index is 12.0. The molecule has 1 N–H and O–H groups in total. The van der Waals surface area contributed by atoms with E-state index in [0.717, 1.165) is 12.2 Å². The maximum atomic E-state index is 12.0. The van der Waals surface area contributed by atoms with Gasteiger partial charge in [-0.25, -0.2) is 4.98 Å². The zero-order valence-electron chi connectivity index (χ0n) is 11.9. The summed E-state index contributed by atoms with van der Waals surface area (Å²) in [7, 11) is 0. The molecule has 4 heteroatoms. The number of benzene rings is 1. The molecule has 4 nitrogen and oxygen atoms in total. The van der Waals surface area contributed by atoms with Crippen molar-refractivity contribution in [3.05, 3.63) is 81.9 Å². The summed E-state index contributed by atoms with van der Waals surface area (Å²) in [4.78, 5) is 16.5. The SMILES string of the molecule is Cc1ccccc1CNCc1cc(=O)n2ccccc2n1. The van der Waals surface area contributed by atoms with Crippen LogP contribution in [0.15, 0.2) is 59.5 Å². The third-order valence-corrected chi connectivity index (χ3v) is 3.51. The van der Waals surface area contributed by atoms with Gasteiger partial charge in [0.1, 0.15) is 5.65 Å². The molecule has 0 aliphatic carbocycles. The first-order valence-corrected chi connectivity index (χ1v) is 6.96. The first-order valence-electron chi connectivity index (χ1n) is 6.96. The van der Waals surface area contributed by atoms with Gasteiger partial charge in [0.05, 0.1) is 5.69 Å². The maximum Gasteiger partial charge on any atom is 0.258 e.